The van der Waals surface area contributed by atoms with Crippen LogP contribution >= 0.6 is 11.6 Å². The van der Waals surface area contributed by atoms with Gasteiger partial charge in [-0.2, -0.15) is 0 Å². The fourth-order valence-corrected chi connectivity index (χ4v) is 3.91. The number of fused-ring (bicyclic) bond motifs is 2. The summed E-state index contributed by atoms with van der Waals surface area (Å²) in [7, 11) is 0. The number of rotatable bonds is 6. The number of H-pyrrole nitrogens is 1. The summed E-state index contributed by atoms with van der Waals surface area (Å²) in [5.41, 5.74) is 2.97. The molecule has 1 aliphatic heterocycles. The molecule has 152 valence electrons. The fraction of sp³-hybridized carbons (Fsp3) is 0.364. The summed E-state index contributed by atoms with van der Waals surface area (Å²) in [4.78, 5) is 22.2. The minimum absolute atomic E-state index is 0.140. The molecule has 0 unspecified atom stereocenters. The van der Waals surface area contributed by atoms with E-state index in [1.165, 1.54) is 11.1 Å². The summed E-state index contributed by atoms with van der Waals surface area (Å²) >= 11 is 6.06. The molecule has 29 heavy (non-hydrogen) atoms. The van der Waals surface area contributed by atoms with Gasteiger partial charge in [0.05, 0.1) is 30.7 Å². The number of aromatic nitrogens is 2. The zero-order valence-electron chi connectivity index (χ0n) is 16.6. The van der Waals surface area contributed by atoms with Crippen molar-refractivity contribution >= 4 is 22.5 Å². The third-order valence-electron chi connectivity index (χ3n) is 5.05. The summed E-state index contributed by atoms with van der Waals surface area (Å²) in [6.07, 6.45) is 0.908. The second-order valence-electron chi connectivity index (χ2n) is 7.07. The lowest BCUT2D eigenvalue weighted by Gasteiger charge is -2.29. The van der Waals surface area contributed by atoms with Crippen LogP contribution in [0.4, 0.5) is 0 Å². The Morgan fingerprint density at radius 2 is 1.83 bits per heavy atom. The number of aromatic amines is 1. The van der Waals surface area contributed by atoms with Crippen molar-refractivity contribution in [2.24, 2.45) is 0 Å². The molecule has 6 nitrogen and oxygen atoms in total. The van der Waals surface area contributed by atoms with E-state index in [0.29, 0.717) is 41.5 Å². The zero-order chi connectivity index (χ0) is 20.4. The van der Waals surface area contributed by atoms with Gasteiger partial charge < -0.3 is 14.5 Å². The van der Waals surface area contributed by atoms with Crippen molar-refractivity contribution < 1.29 is 9.47 Å². The standard InChI is InChI=1S/C22H24ClN3O3/c1-3-28-19-9-14-7-8-26(12-15(14)10-20(19)29-4-2)13-21-24-18-11-16(23)5-6-17(18)22(27)25-21/h5-6,9-11H,3-4,7-8,12-13H2,1-2H3,(H,24,25,27). The molecule has 0 fully saturated rings. The van der Waals surface area contributed by atoms with E-state index < -0.39 is 0 Å². The lowest BCUT2D eigenvalue weighted by atomic mass is 9.98. The Morgan fingerprint density at radius 3 is 2.55 bits per heavy atom. The third kappa shape index (κ3) is 4.23. The zero-order valence-corrected chi connectivity index (χ0v) is 17.4. The molecule has 2 aromatic carbocycles. The molecule has 0 saturated carbocycles. The average molecular weight is 414 g/mol. The topological polar surface area (TPSA) is 67.5 Å². The minimum atomic E-state index is -0.140. The molecule has 0 amide bonds. The summed E-state index contributed by atoms with van der Waals surface area (Å²) in [6, 6.07) is 9.31. The highest BCUT2D eigenvalue weighted by atomic mass is 35.5. The maximum Gasteiger partial charge on any atom is 0.258 e. The van der Waals surface area contributed by atoms with Gasteiger partial charge in [-0.15, -0.1) is 0 Å². The van der Waals surface area contributed by atoms with Crippen molar-refractivity contribution in [3.05, 3.63) is 62.7 Å². The first-order chi connectivity index (χ1) is 14.1. The SMILES string of the molecule is CCOc1cc2c(cc1OCC)CN(Cc1nc3cc(Cl)ccc3c(=O)[nH]1)CC2. The van der Waals surface area contributed by atoms with Gasteiger partial charge in [-0.1, -0.05) is 11.6 Å². The largest absolute Gasteiger partial charge is 0.490 e. The minimum Gasteiger partial charge on any atom is -0.490 e. The van der Waals surface area contributed by atoms with Crippen LogP contribution < -0.4 is 15.0 Å². The van der Waals surface area contributed by atoms with Gasteiger partial charge >= 0.3 is 0 Å². The van der Waals surface area contributed by atoms with Crippen LogP contribution in [0, 0.1) is 0 Å². The smallest absolute Gasteiger partial charge is 0.258 e. The number of hydrogen-bond donors (Lipinski definition) is 1. The molecule has 1 aliphatic rings. The number of nitrogens with one attached hydrogen (secondary N) is 1. The van der Waals surface area contributed by atoms with Gasteiger partial charge in [-0.05, 0) is 61.7 Å². The lowest BCUT2D eigenvalue weighted by molar-refractivity contribution is 0.236. The molecule has 0 spiro atoms. The Kier molecular flexibility index (Phi) is 5.74. The first-order valence-corrected chi connectivity index (χ1v) is 10.3. The Morgan fingerprint density at radius 1 is 1.10 bits per heavy atom. The van der Waals surface area contributed by atoms with Crippen molar-refractivity contribution in [1.82, 2.24) is 14.9 Å². The molecule has 1 aromatic heterocycles. The maximum absolute atomic E-state index is 12.4. The number of ether oxygens (including phenoxy) is 2. The highest BCUT2D eigenvalue weighted by Crippen LogP contribution is 2.34. The molecule has 0 bridgehead atoms. The van der Waals surface area contributed by atoms with Gasteiger partial charge in [0.25, 0.3) is 5.56 Å². The van der Waals surface area contributed by atoms with Gasteiger partial charge in [0.15, 0.2) is 11.5 Å². The van der Waals surface area contributed by atoms with Crippen molar-refractivity contribution in [2.75, 3.05) is 19.8 Å². The highest BCUT2D eigenvalue weighted by Gasteiger charge is 2.20. The summed E-state index contributed by atoms with van der Waals surface area (Å²) in [6.45, 7) is 7.34. The first-order valence-electron chi connectivity index (χ1n) is 9.89. The third-order valence-corrected chi connectivity index (χ3v) is 5.28. The van der Waals surface area contributed by atoms with Gasteiger partial charge in [-0.25, -0.2) is 4.98 Å². The van der Waals surface area contributed by atoms with Gasteiger partial charge in [0, 0.05) is 18.1 Å². The average Bonchev–Trinajstić information content (AvgIpc) is 2.68. The van der Waals surface area contributed by atoms with E-state index in [1.807, 2.05) is 13.8 Å². The molecule has 1 N–H and O–H groups in total. The molecule has 0 aliphatic carbocycles. The fourth-order valence-electron chi connectivity index (χ4n) is 3.74. The summed E-state index contributed by atoms with van der Waals surface area (Å²) in [5, 5.41) is 1.12. The molecule has 7 heteroatoms. The van der Waals surface area contributed by atoms with E-state index in [0.717, 1.165) is 31.0 Å². The van der Waals surface area contributed by atoms with Crippen molar-refractivity contribution in [2.45, 2.75) is 33.4 Å². The Balaban J connectivity index is 1.58. The van der Waals surface area contributed by atoms with E-state index in [2.05, 4.69) is 27.0 Å². The summed E-state index contributed by atoms with van der Waals surface area (Å²) in [5.74, 6) is 2.23. The van der Waals surface area contributed by atoms with Crippen LogP contribution in [-0.4, -0.2) is 34.6 Å². The second-order valence-corrected chi connectivity index (χ2v) is 7.50. The van der Waals surface area contributed by atoms with Crippen LogP contribution in [0.15, 0.2) is 35.1 Å². The first kappa shape index (κ1) is 19.7. The number of halogens is 1. The molecule has 4 rings (SSSR count). The predicted octanol–water partition coefficient (Wildman–Crippen LogP) is 3.93. The van der Waals surface area contributed by atoms with Crippen LogP contribution in [-0.2, 0) is 19.5 Å². The molecule has 0 radical (unpaired) electrons. The van der Waals surface area contributed by atoms with Gasteiger partial charge in [0.2, 0.25) is 0 Å². The number of nitrogens with zero attached hydrogens (tertiary/aromatic N) is 2. The van der Waals surface area contributed by atoms with Gasteiger partial charge in [-0.3, -0.25) is 9.69 Å². The van der Waals surface area contributed by atoms with E-state index in [9.17, 15) is 4.79 Å². The van der Waals surface area contributed by atoms with Crippen molar-refractivity contribution in [1.29, 1.82) is 0 Å². The Hall–Kier alpha value is -2.57. The molecule has 3 aromatic rings. The van der Waals surface area contributed by atoms with Crippen LogP contribution in [0.25, 0.3) is 10.9 Å². The number of benzene rings is 2. The monoisotopic (exact) mass is 413 g/mol. The molecule has 0 saturated heterocycles. The predicted molar refractivity (Wildman–Crippen MR) is 114 cm³/mol. The lowest BCUT2D eigenvalue weighted by Crippen LogP contribution is -2.31. The van der Waals surface area contributed by atoms with E-state index in [1.54, 1.807) is 18.2 Å². The molecular weight excluding hydrogens is 390 g/mol. The van der Waals surface area contributed by atoms with Crippen molar-refractivity contribution in [3.63, 3.8) is 0 Å². The van der Waals surface area contributed by atoms with Crippen LogP contribution in [0.1, 0.15) is 30.8 Å². The Labute approximate surface area is 174 Å². The van der Waals surface area contributed by atoms with Crippen LogP contribution in [0.5, 0.6) is 11.5 Å². The van der Waals surface area contributed by atoms with Crippen LogP contribution in [0.3, 0.4) is 0 Å². The van der Waals surface area contributed by atoms with Crippen LogP contribution in [0.2, 0.25) is 5.02 Å². The van der Waals surface area contributed by atoms with Gasteiger partial charge in [0.1, 0.15) is 5.82 Å². The second kappa shape index (κ2) is 8.43. The van der Waals surface area contributed by atoms with E-state index in [4.69, 9.17) is 21.1 Å². The number of hydrogen-bond acceptors (Lipinski definition) is 5. The van der Waals surface area contributed by atoms with E-state index in [-0.39, 0.29) is 5.56 Å². The highest BCUT2D eigenvalue weighted by molar-refractivity contribution is 6.31. The molecule has 2 heterocycles. The van der Waals surface area contributed by atoms with Crippen molar-refractivity contribution in [3.8, 4) is 11.5 Å². The molecule has 0 atom stereocenters. The normalized spacial score (nSPS) is 14.0. The summed E-state index contributed by atoms with van der Waals surface area (Å²) < 4.78 is 11.5. The Bertz CT molecular complexity index is 1100. The quantitative estimate of drug-likeness (QED) is 0.663. The maximum atomic E-state index is 12.4. The van der Waals surface area contributed by atoms with E-state index >= 15 is 0 Å². The molecular formula is C22H24ClN3O3.